The number of aryl methyl sites for hydroxylation is 1. The van der Waals surface area contributed by atoms with E-state index in [2.05, 4.69) is 21.2 Å². The Balaban J connectivity index is 1.78. The van der Waals surface area contributed by atoms with Crippen molar-refractivity contribution < 1.29 is 9.21 Å². The first-order valence-corrected chi connectivity index (χ1v) is 9.01. The Labute approximate surface area is 158 Å². The molecule has 1 aromatic heterocycles. The Morgan fingerprint density at radius 1 is 1.16 bits per heavy atom. The molecule has 1 N–H and O–H groups in total. The Hall–Kier alpha value is -2.49. The zero-order chi connectivity index (χ0) is 17.8. The summed E-state index contributed by atoms with van der Waals surface area (Å²) in [4.78, 5) is 13.3. The standard InChI is InChI=1S/C19H13BrN2O2S/c1-12-17(10-18(24-12)13-2-4-14(20)5-3-13)19(23)22-15-6-8-16(9-7-15)25-11-21/h2-10H,1H3,(H,22,23). The average molecular weight is 413 g/mol. The summed E-state index contributed by atoms with van der Waals surface area (Å²) in [6.45, 7) is 1.77. The van der Waals surface area contributed by atoms with Crippen LogP contribution >= 0.6 is 27.7 Å². The summed E-state index contributed by atoms with van der Waals surface area (Å²) in [5.74, 6) is 0.980. The van der Waals surface area contributed by atoms with Gasteiger partial charge in [-0.3, -0.25) is 4.79 Å². The fourth-order valence-electron chi connectivity index (χ4n) is 2.32. The molecule has 6 heteroatoms. The van der Waals surface area contributed by atoms with E-state index < -0.39 is 0 Å². The van der Waals surface area contributed by atoms with E-state index in [1.54, 1.807) is 37.3 Å². The van der Waals surface area contributed by atoms with Crippen LogP contribution in [0.2, 0.25) is 0 Å². The lowest BCUT2D eigenvalue weighted by Gasteiger charge is -2.04. The van der Waals surface area contributed by atoms with Crippen LogP contribution in [0.4, 0.5) is 5.69 Å². The number of furan rings is 1. The zero-order valence-corrected chi connectivity index (χ0v) is 15.6. The summed E-state index contributed by atoms with van der Waals surface area (Å²) >= 11 is 4.48. The molecule has 0 saturated carbocycles. The first-order chi connectivity index (χ1) is 12.1. The molecule has 1 amide bonds. The first-order valence-electron chi connectivity index (χ1n) is 7.40. The van der Waals surface area contributed by atoms with Crippen molar-refractivity contribution in [1.82, 2.24) is 0 Å². The minimum Gasteiger partial charge on any atom is -0.461 e. The molecule has 0 fully saturated rings. The molecule has 124 valence electrons. The molecule has 0 saturated heterocycles. The molecule has 4 nitrogen and oxygen atoms in total. The third-order valence-electron chi connectivity index (χ3n) is 3.57. The third kappa shape index (κ3) is 4.13. The minimum absolute atomic E-state index is 0.231. The van der Waals surface area contributed by atoms with E-state index in [1.165, 1.54) is 0 Å². The van der Waals surface area contributed by atoms with Gasteiger partial charge in [-0.1, -0.05) is 28.1 Å². The highest BCUT2D eigenvalue weighted by atomic mass is 79.9. The number of nitrogens with one attached hydrogen (secondary N) is 1. The minimum atomic E-state index is -0.231. The van der Waals surface area contributed by atoms with Crippen molar-refractivity contribution in [3.8, 4) is 16.7 Å². The van der Waals surface area contributed by atoms with Gasteiger partial charge in [-0.2, -0.15) is 5.26 Å². The quantitative estimate of drug-likeness (QED) is 0.431. The molecular formula is C19H13BrN2O2S. The van der Waals surface area contributed by atoms with Crippen molar-refractivity contribution in [1.29, 1.82) is 5.26 Å². The van der Waals surface area contributed by atoms with Crippen LogP contribution < -0.4 is 5.32 Å². The van der Waals surface area contributed by atoms with Crippen molar-refractivity contribution in [3.63, 3.8) is 0 Å². The summed E-state index contributed by atoms with van der Waals surface area (Å²) in [6, 6.07) is 16.6. The number of hydrogen-bond acceptors (Lipinski definition) is 4. The number of anilines is 1. The van der Waals surface area contributed by atoms with Gasteiger partial charge in [-0.05, 0) is 61.2 Å². The Morgan fingerprint density at radius 2 is 1.84 bits per heavy atom. The van der Waals surface area contributed by atoms with Crippen LogP contribution in [0.3, 0.4) is 0 Å². The van der Waals surface area contributed by atoms with E-state index in [4.69, 9.17) is 9.68 Å². The number of thioether (sulfide) groups is 1. The number of hydrogen-bond donors (Lipinski definition) is 1. The van der Waals surface area contributed by atoms with Gasteiger partial charge in [0.05, 0.1) is 5.56 Å². The summed E-state index contributed by atoms with van der Waals surface area (Å²) in [5, 5.41) is 13.5. The smallest absolute Gasteiger partial charge is 0.259 e. The number of halogens is 1. The predicted octanol–water partition coefficient (Wildman–Crippen LogP) is 5.84. The van der Waals surface area contributed by atoms with Crippen LogP contribution in [-0.4, -0.2) is 5.91 Å². The molecule has 0 unspecified atom stereocenters. The third-order valence-corrected chi connectivity index (χ3v) is 4.69. The Bertz CT molecular complexity index is 941. The van der Waals surface area contributed by atoms with Gasteiger partial charge < -0.3 is 9.73 Å². The highest BCUT2D eigenvalue weighted by Crippen LogP contribution is 2.27. The average Bonchev–Trinajstić information content (AvgIpc) is 2.99. The fourth-order valence-corrected chi connectivity index (χ4v) is 2.96. The molecule has 1 heterocycles. The maximum absolute atomic E-state index is 12.5. The molecule has 0 aliphatic heterocycles. The van der Waals surface area contributed by atoms with Crippen molar-refractivity contribution in [2.45, 2.75) is 11.8 Å². The Kier molecular flexibility index (Phi) is 5.27. The van der Waals surface area contributed by atoms with Gasteiger partial charge in [0.15, 0.2) is 0 Å². The first kappa shape index (κ1) is 17.3. The number of nitriles is 1. The lowest BCUT2D eigenvalue weighted by Crippen LogP contribution is -2.11. The van der Waals surface area contributed by atoms with Gasteiger partial charge in [0.25, 0.3) is 5.91 Å². The van der Waals surface area contributed by atoms with E-state index in [1.807, 2.05) is 29.7 Å². The predicted molar refractivity (Wildman–Crippen MR) is 102 cm³/mol. The number of thiocyanates is 1. The highest BCUT2D eigenvalue weighted by Gasteiger charge is 2.16. The summed E-state index contributed by atoms with van der Waals surface area (Å²) < 4.78 is 6.72. The number of nitrogens with zero attached hydrogens (tertiary/aromatic N) is 1. The lowest BCUT2D eigenvalue weighted by molar-refractivity contribution is 0.102. The monoisotopic (exact) mass is 412 g/mol. The molecular weight excluding hydrogens is 400 g/mol. The molecule has 0 radical (unpaired) electrons. The van der Waals surface area contributed by atoms with E-state index >= 15 is 0 Å². The van der Waals surface area contributed by atoms with Crippen LogP contribution in [0.5, 0.6) is 0 Å². The van der Waals surface area contributed by atoms with Gasteiger partial charge in [0.2, 0.25) is 0 Å². The molecule has 0 spiro atoms. The second kappa shape index (κ2) is 7.60. The summed E-state index contributed by atoms with van der Waals surface area (Å²) in [6.07, 6.45) is 0. The second-order valence-corrected chi connectivity index (χ2v) is 7.03. The zero-order valence-electron chi connectivity index (χ0n) is 13.2. The van der Waals surface area contributed by atoms with Gasteiger partial charge in [-0.25, -0.2) is 0 Å². The maximum Gasteiger partial charge on any atom is 0.259 e. The molecule has 0 aliphatic rings. The number of carbonyl (C=O) groups is 1. The van der Waals surface area contributed by atoms with Crippen molar-refractivity contribution >= 4 is 39.3 Å². The maximum atomic E-state index is 12.5. The number of amides is 1. The molecule has 3 rings (SSSR count). The van der Waals surface area contributed by atoms with E-state index in [0.717, 1.165) is 26.7 Å². The van der Waals surface area contributed by atoms with Crippen LogP contribution in [0.15, 0.2) is 68.4 Å². The topological polar surface area (TPSA) is 66.0 Å². The van der Waals surface area contributed by atoms with Crippen molar-refractivity contribution in [2.24, 2.45) is 0 Å². The van der Waals surface area contributed by atoms with Crippen molar-refractivity contribution in [3.05, 3.63) is 70.4 Å². The second-order valence-electron chi connectivity index (χ2n) is 5.26. The molecule has 2 aromatic carbocycles. The van der Waals surface area contributed by atoms with Crippen molar-refractivity contribution in [2.75, 3.05) is 5.32 Å². The summed E-state index contributed by atoms with van der Waals surface area (Å²) in [5.41, 5.74) is 2.06. The van der Waals surface area contributed by atoms with E-state index in [9.17, 15) is 4.79 Å². The van der Waals surface area contributed by atoms with E-state index in [-0.39, 0.29) is 5.91 Å². The van der Waals surface area contributed by atoms with Gasteiger partial charge in [0.1, 0.15) is 16.9 Å². The normalized spacial score (nSPS) is 10.3. The van der Waals surface area contributed by atoms with E-state index in [0.29, 0.717) is 22.8 Å². The number of carbonyl (C=O) groups excluding carboxylic acids is 1. The van der Waals surface area contributed by atoms with Gasteiger partial charge >= 0.3 is 0 Å². The van der Waals surface area contributed by atoms with Gasteiger partial charge in [-0.15, -0.1) is 0 Å². The number of benzene rings is 2. The van der Waals surface area contributed by atoms with Crippen LogP contribution in [0.1, 0.15) is 16.1 Å². The molecule has 0 bridgehead atoms. The molecule has 3 aromatic rings. The highest BCUT2D eigenvalue weighted by molar-refractivity contribution is 9.10. The molecule has 0 aliphatic carbocycles. The molecule has 0 atom stereocenters. The van der Waals surface area contributed by atoms with Crippen LogP contribution in [-0.2, 0) is 0 Å². The Morgan fingerprint density at radius 3 is 2.48 bits per heavy atom. The van der Waals surface area contributed by atoms with Gasteiger partial charge in [0, 0.05) is 20.6 Å². The lowest BCUT2D eigenvalue weighted by atomic mass is 10.1. The van der Waals surface area contributed by atoms with Crippen LogP contribution in [0.25, 0.3) is 11.3 Å². The largest absolute Gasteiger partial charge is 0.461 e. The number of rotatable bonds is 4. The molecule has 25 heavy (non-hydrogen) atoms. The van der Waals surface area contributed by atoms with Crippen LogP contribution in [0, 0.1) is 17.6 Å². The summed E-state index contributed by atoms with van der Waals surface area (Å²) in [7, 11) is 0. The fraction of sp³-hybridized carbons (Fsp3) is 0.0526. The SMILES string of the molecule is Cc1oc(-c2ccc(Br)cc2)cc1C(=O)Nc1ccc(SC#N)cc1.